The summed E-state index contributed by atoms with van der Waals surface area (Å²) in [6, 6.07) is 0. The molecule has 0 saturated heterocycles. The maximum Gasteiger partial charge on any atom is 0.337 e. The molecule has 0 fully saturated rings. The molecule has 0 aliphatic carbocycles. The number of hydrogen-bond acceptors (Lipinski definition) is 2. The fourth-order valence-electron chi connectivity index (χ4n) is 0.188. The first kappa shape index (κ1) is 8.24. The van der Waals surface area contributed by atoms with Crippen molar-refractivity contribution in [2.45, 2.75) is 6.92 Å². The molecule has 9 heavy (non-hydrogen) atoms. The Morgan fingerprint density at radius 1 is 1.78 bits per heavy atom. The summed E-state index contributed by atoms with van der Waals surface area (Å²) < 4.78 is 4.40. The highest BCUT2D eigenvalue weighted by molar-refractivity contribution is 6.25. The van der Waals surface area contributed by atoms with E-state index in [0.29, 0.717) is 5.57 Å². The summed E-state index contributed by atoms with van der Waals surface area (Å²) in [5, 5.41) is 0. The van der Waals surface area contributed by atoms with E-state index < -0.39 is 5.97 Å². The number of hydrogen-bond donors (Lipinski definition) is 0. The summed E-state index contributed by atoms with van der Waals surface area (Å²) >= 11 is 5.06. The minimum absolute atomic E-state index is 0.352. The maximum atomic E-state index is 10.5. The number of rotatable bonds is 2. The molecule has 2 nitrogen and oxygen atoms in total. The van der Waals surface area contributed by atoms with Crippen LogP contribution in [-0.4, -0.2) is 5.97 Å². The molecule has 50 valence electrons. The molecule has 3 heteroatoms. The molecule has 0 radical (unpaired) electrons. The Balaban J connectivity index is 3.65. The number of carbonyl (C=O) groups is 1. The number of ether oxygens (including phenoxy) is 1. The highest BCUT2D eigenvalue weighted by atomic mass is 35.5. The van der Waals surface area contributed by atoms with E-state index in [1.54, 1.807) is 6.92 Å². The van der Waals surface area contributed by atoms with Crippen molar-refractivity contribution in [3.63, 3.8) is 0 Å². The SMILES string of the molecule is C=C(C)C(=O)OC=CCl. The predicted octanol–water partition coefficient (Wildman–Crippen LogP) is 1.82. The molecule has 0 aliphatic rings. The van der Waals surface area contributed by atoms with Crippen molar-refractivity contribution in [1.29, 1.82) is 0 Å². The van der Waals surface area contributed by atoms with Crippen molar-refractivity contribution in [2.24, 2.45) is 0 Å². The summed E-state index contributed by atoms with van der Waals surface area (Å²) in [6.45, 7) is 4.92. The fourth-order valence-corrected chi connectivity index (χ4v) is 0.240. The average Bonchev–Trinajstić information content (AvgIpc) is 1.82. The minimum Gasteiger partial charge on any atom is -0.430 e. The second kappa shape index (κ2) is 4.15. The van der Waals surface area contributed by atoms with E-state index in [4.69, 9.17) is 11.6 Å². The summed E-state index contributed by atoms with van der Waals surface area (Å²) in [4.78, 5) is 10.5. The van der Waals surface area contributed by atoms with E-state index in [0.717, 1.165) is 11.8 Å². The molecule has 0 saturated carbocycles. The molecule has 0 aliphatic heterocycles. The van der Waals surface area contributed by atoms with Gasteiger partial charge in [-0.05, 0) is 6.92 Å². The lowest BCUT2D eigenvalue weighted by Gasteiger charge is -1.93. The highest BCUT2D eigenvalue weighted by Crippen LogP contribution is 1.92. The molecule has 0 N–H and O–H groups in total. The van der Waals surface area contributed by atoms with Crippen molar-refractivity contribution < 1.29 is 9.53 Å². The summed E-state index contributed by atoms with van der Waals surface area (Å²) in [7, 11) is 0. The van der Waals surface area contributed by atoms with Crippen molar-refractivity contribution >= 4 is 17.6 Å². The van der Waals surface area contributed by atoms with Crippen molar-refractivity contribution in [1.82, 2.24) is 0 Å². The van der Waals surface area contributed by atoms with Gasteiger partial charge in [0.25, 0.3) is 0 Å². The Hall–Kier alpha value is -0.760. The number of halogens is 1. The highest BCUT2D eigenvalue weighted by Gasteiger charge is 1.97. The molecule has 0 atom stereocenters. The van der Waals surface area contributed by atoms with Crippen LogP contribution in [0.4, 0.5) is 0 Å². The van der Waals surface area contributed by atoms with E-state index in [1.807, 2.05) is 0 Å². The molecular weight excluding hydrogens is 140 g/mol. The van der Waals surface area contributed by atoms with E-state index in [2.05, 4.69) is 11.3 Å². The van der Waals surface area contributed by atoms with Crippen molar-refractivity contribution in [2.75, 3.05) is 0 Å². The smallest absolute Gasteiger partial charge is 0.337 e. The standard InChI is InChI=1S/C6H7ClO2/c1-5(2)6(8)9-4-3-7/h3-4H,1H2,2H3. The lowest BCUT2D eigenvalue weighted by molar-refractivity contribution is -0.133. The molecule has 0 spiro atoms. The first-order chi connectivity index (χ1) is 4.18. The van der Waals surface area contributed by atoms with Gasteiger partial charge in [0.15, 0.2) is 0 Å². The van der Waals surface area contributed by atoms with Crippen LogP contribution in [0.3, 0.4) is 0 Å². The zero-order valence-corrected chi connectivity index (χ0v) is 5.81. The van der Waals surface area contributed by atoms with Gasteiger partial charge in [-0.25, -0.2) is 4.79 Å². The van der Waals surface area contributed by atoms with Crippen LogP contribution in [0.15, 0.2) is 23.9 Å². The van der Waals surface area contributed by atoms with Crippen molar-refractivity contribution in [3.05, 3.63) is 23.9 Å². The topological polar surface area (TPSA) is 26.3 Å². The molecule has 0 aromatic carbocycles. The molecule has 0 aromatic rings. The molecule has 0 heterocycles. The number of carbonyl (C=O) groups excluding carboxylic acids is 1. The Morgan fingerprint density at radius 3 is 2.67 bits per heavy atom. The Morgan fingerprint density at radius 2 is 2.33 bits per heavy atom. The van der Waals surface area contributed by atoms with Gasteiger partial charge in [0.1, 0.15) is 6.26 Å². The number of esters is 1. The van der Waals surface area contributed by atoms with Crippen LogP contribution >= 0.6 is 11.6 Å². The van der Waals surface area contributed by atoms with Crippen LogP contribution in [0.25, 0.3) is 0 Å². The summed E-state index contributed by atoms with van der Waals surface area (Å²) in [6.07, 6.45) is 1.10. The van der Waals surface area contributed by atoms with Crippen LogP contribution < -0.4 is 0 Å². The minimum atomic E-state index is -0.466. The van der Waals surface area contributed by atoms with E-state index in [-0.39, 0.29) is 0 Å². The maximum absolute atomic E-state index is 10.5. The van der Waals surface area contributed by atoms with Gasteiger partial charge in [-0.1, -0.05) is 18.2 Å². The van der Waals surface area contributed by atoms with E-state index >= 15 is 0 Å². The summed E-state index contributed by atoms with van der Waals surface area (Å²) in [5.41, 5.74) is 1.46. The van der Waals surface area contributed by atoms with Gasteiger partial charge in [0, 0.05) is 11.1 Å². The van der Waals surface area contributed by atoms with Crippen LogP contribution in [0.1, 0.15) is 6.92 Å². The lowest BCUT2D eigenvalue weighted by atomic mass is 10.4. The van der Waals surface area contributed by atoms with Crippen LogP contribution in [0.2, 0.25) is 0 Å². The Kier molecular flexibility index (Phi) is 3.80. The molecular formula is C6H7ClO2. The second-order valence-electron chi connectivity index (χ2n) is 1.45. The largest absolute Gasteiger partial charge is 0.430 e. The Labute approximate surface area is 58.8 Å². The van der Waals surface area contributed by atoms with Gasteiger partial charge in [-0.15, -0.1) is 0 Å². The summed E-state index contributed by atoms with van der Waals surface area (Å²) in [5.74, 6) is -0.466. The molecule has 0 unspecified atom stereocenters. The van der Waals surface area contributed by atoms with Gasteiger partial charge >= 0.3 is 5.97 Å². The zero-order chi connectivity index (χ0) is 7.28. The third-order valence-electron chi connectivity index (χ3n) is 0.575. The monoisotopic (exact) mass is 146 g/mol. The Bertz CT molecular complexity index is 149. The van der Waals surface area contributed by atoms with Gasteiger partial charge in [0.05, 0.1) is 0 Å². The second-order valence-corrected chi connectivity index (χ2v) is 1.70. The van der Waals surface area contributed by atoms with Gasteiger partial charge < -0.3 is 4.74 Å². The zero-order valence-electron chi connectivity index (χ0n) is 5.06. The molecule has 0 amide bonds. The van der Waals surface area contributed by atoms with Gasteiger partial charge in [-0.2, -0.15) is 0 Å². The third-order valence-corrected chi connectivity index (χ3v) is 0.678. The quantitative estimate of drug-likeness (QED) is 0.338. The third kappa shape index (κ3) is 3.79. The van der Waals surface area contributed by atoms with Crippen LogP contribution in [0.5, 0.6) is 0 Å². The fraction of sp³-hybridized carbons (Fsp3) is 0.167. The first-order valence-corrected chi connectivity index (χ1v) is 2.74. The molecule has 0 bridgehead atoms. The van der Waals surface area contributed by atoms with E-state index in [1.165, 1.54) is 0 Å². The molecule has 0 aromatic heterocycles. The van der Waals surface area contributed by atoms with E-state index in [9.17, 15) is 4.79 Å². The normalized spacial score (nSPS) is 9.56. The van der Waals surface area contributed by atoms with Gasteiger partial charge in [0.2, 0.25) is 0 Å². The van der Waals surface area contributed by atoms with Gasteiger partial charge in [-0.3, -0.25) is 0 Å². The van der Waals surface area contributed by atoms with Crippen LogP contribution in [-0.2, 0) is 9.53 Å². The first-order valence-electron chi connectivity index (χ1n) is 2.30. The van der Waals surface area contributed by atoms with Crippen molar-refractivity contribution in [3.8, 4) is 0 Å². The lowest BCUT2D eigenvalue weighted by Crippen LogP contribution is -1.98. The molecule has 0 rings (SSSR count). The van der Waals surface area contributed by atoms with Crippen LogP contribution in [0, 0.1) is 0 Å². The average molecular weight is 147 g/mol. The predicted molar refractivity (Wildman–Crippen MR) is 35.9 cm³/mol.